The van der Waals surface area contributed by atoms with Gasteiger partial charge in [0.15, 0.2) is 0 Å². The second-order valence-corrected chi connectivity index (χ2v) is 6.61. The fraction of sp³-hybridized carbons (Fsp3) is 0.235. The molecule has 0 saturated heterocycles. The summed E-state index contributed by atoms with van der Waals surface area (Å²) in [5.74, 6) is 0. The highest BCUT2D eigenvalue weighted by Gasteiger charge is 2.20. The van der Waals surface area contributed by atoms with Gasteiger partial charge in [-0.2, -0.15) is 0 Å². The summed E-state index contributed by atoms with van der Waals surface area (Å²) in [6.45, 7) is 5.20. The monoisotopic (exact) mass is 343 g/mol. The number of aromatic nitrogens is 2. The Labute approximate surface area is 132 Å². The molecule has 108 valence electrons. The molecule has 0 atom stereocenters. The maximum atomic E-state index is 4.33. The molecule has 2 heterocycles. The Balaban J connectivity index is 1.78. The van der Waals surface area contributed by atoms with Gasteiger partial charge in [0, 0.05) is 34.3 Å². The molecule has 0 spiro atoms. The van der Waals surface area contributed by atoms with Crippen LogP contribution in [0.5, 0.6) is 0 Å². The molecule has 2 aromatic heterocycles. The van der Waals surface area contributed by atoms with E-state index in [9.17, 15) is 0 Å². The molecule has 0 radical (unpaired) electrons. The van der Waals surface area contributed by atoms with Gasteiger partial charge in [-0.15, -0.1) is 0 Å². The zero-order chi connectivity index (χ0) is 14.9. The highest BCUT2D eigenvalue weighted by Crippen LogP contribution is 2.24. The molecule has 0 aliphatic rings. The smallest absolute Gasteiger partial charge is 0.137 e. The van der Waals surface area contributed by atoms with E-state index in [2.05, 4.69) is 75.4 Å². The number of hydrogen-bond acceptors (Lipinski definition) is 2. The van der Waals surface area contributed by atoms with Crippen LogP contribution >= 0.6 is 15.9 Å². The highest BCUT2D eigenvalue weighted by molar-refractivity contribution is 9.10. The van der Waals surface area contributed by atoms with Gasteiger partial charge >= 0.3 is 0 Å². The van der Waals surface area contributed by atoms with Crippen molar-refractivity contribution in [2.75, 3.05) is 0 Å². The van der Waals surface area contributed by atoms with Crippen LogP contribution in [0.2, 0.25) is 0 Å². The van der Waals surface area contributed by atoms with E-state index in [-0.39, 0.29) is 5.54 Å². The number of H-pyrrole nitrogens is 1. The molecule has 4 heteroatoms. The van der Waals surface area contributed by atoms with E-state index in [1.54, 1.807) is 0 Å². The molecule has 3 nitrogen and oxygen atoms in total. The highest BCUT2D eigenvalue weighted by atomic mass is 79.9. The van der Waals surface area contributed by atoms with Crippen molar-refractivity contribution in [3.63, 3.8) is 0 Å². The van der Waals surface area contributed by atoms with Gasteiger partial charge in [0.05, 0.1) is 0 Å². The number of pyridine rings is 1. The lowest BCUT2D eigenvalue weighted by atomic mass is 9.94. The van der Waals surface area contributed by atoms with E-state index in [4.69, 9.17) is 0 Å². The Kier molecular flexibility index (Phi) is 3.83. The Morgan fingerprint density at radius 2 is 1.95 bits per heavy atom. The molecule has 21 heavy (non-hydrogen) atoms. The van der Waals surface area contributed by atoms with Crippen LogP contribution in [0, 0.1) is 0 Å². The van der Waals surface area contributed by atoms with Gasteiger partial charge in [0.1, 0.15) is 5.65 Å². The molecule has 1 aromatic carbocycles. The van der Waals surface area contributed by atoms with Gasteiger partial charge in [-0.1, -0.05) is 28.1 Å². The Bertz CT molecular complexity index is 744. The van der Waals surface area contributed by atoms with Crippen molar-refractivity contribution < 1.29 is 0 Å². The normalized spacial score (nSPS) is 12.0. The van der Waals surface area contributed by atoms with Crippen molar-refractivity contribution in [3.05, 3.63) is 64.4 Å². The van der Waals surface area contributed by atoms with Crippen molar-refractivity contribution in [2.24, 2.45) is 0 Å². The van der Waals surface area contributed by atoms with Gasteiger partial charge in [-0.3, -0.25) is 0 Å². The molecule has 0 aliphatic heterocycles. The number of nitrogens with zero attached hydrogens (tertiary/aromatic N) is 1. The minimum atomic E-state index is -0.0908. The molecular formula is C17H18BrN3. The first kappa shape index (κ1) is 14.3. The van der Waals surface area contributed by atoms with Crippen LogP contribution < -0.4 is 5.32 Å². The number of halogens is 1. The van der Waals surface area contributed by atoms with Gasteiger partial charge in [0.25, 0.3) is 0 Å². The van der Waals surface area contributed by atoms with Crippen molar-refractivity contribution in [3.8, 4) is 0 Å². The number of aromatic amines is 1. The molecule has 0 bridgehead atoms. The minimum Gasteiger partial charge on any atom is -0.346 e. The molecule has 0 aliphatic carbocycles. The standard InChI is InChI=1S/C17H18BrN3/c1-17(2,13-5-7-14(18)8-6-13)21-11-12-10-20-16-15(12)4-3-9-19-16/h3-10,21H,11H2,1-2H3,(H,19,20). The summed E-state index contributed by atoms with van der Waals surface area (Å²) in [7, 11) is 0. The fourth-order valence-corrected chi connectivity index (χ4v) is 2.71. The van der Waals surface area contributed by atoms with E-state index in [0.717, 1.165) is 16.7 Å². The van der Waals surface area contributed by atoms with Crippen LogP contribution in [-0.4, -0.2) is 9.97 Å². The fourth-order valence-electron chi connectivity index (χ4n) is 2.44. The first-order chi connectivity index (χ1) is 10.1. The number of rotatable bonds is 4. The lowest BCUT2D eigenvalue weighted by molar-refractivity contribution is 0.402. The average molecular weight is 344 g/mol. The molecule has 2 N–H and O–H groups in total. The van der Waals surface area contributed by atoms with Crippen LogP contribution in [0.15, 0.2) is 53.3 Å². The summed E-state index contributed by atoms with van der Waals surface area (Å²) in [5.41, 5.74) is 3.36. The van der Waals surface area contributed by atoms with E-state index in [1.165, 1.54) is 16.5 Å². The Hall–Kier alpha value is -1.65. The minimum absolute atomic E-state index is 0.0908. The second-order valence-electron chi connectivity index (χ2n) is 5.70. The summed E-state index contributed by atoms with van der Waals surface area (Å²) in [4.78, 5) is 7.54. The number of nitrogens with one attached hydrogen (secondary N) is 2. The molecule has 0 amide bonds. The summed E-state index contributed by atoms with van der Waals surface area (Å²) < 4.78 is 1.10. The van der Waals surface area contributed by atoms with Gasteiger partial charge in [-0.05, 0) is 49.2 Å². The molecule has 0 unspecified atom stereocenters. The van der Waals surface area contributed by atoms with Crippen LogP contribution in [0.4, 0.5) is 0 Å². The van der Waals surface area contributed by atoms with Crippen molar-refractivity contribution in [2.45, 2.75) is 25.9 Å². The number of fused-ring (bicyclic) bond motifs is 1. The quantitative estimate of drug-likeness (QED) is 0.739. The maximum Gasteiger partial charge on any atom is 0.137 e. The number of benzene rings is 1. The van der Waals surface area contributed by atoms with E-state index in [1.807, 2.05) is 18.5 Å². The average Bonchev–Trinajstić information content (AvgIpc) is 2.89. The lowest BCUT2D eigenvalue weighted by Gasteiger charge is -2.27. The first-order valence-electron chi connectivity index (χ1n) is 6.98. The lowest BCUT2D eigenvalue weighted by Crippen LogP contribution is -2.35. The molecular weight excluding hydrogens is 326 g/mol. The maximum absolute atomic E-state index is 4.33. The van der Waals surface area contributed by atoms with Crippen LogP contribution in [-0.2, 0) is 12.1 Å². The summed E-state index contributed by atoms with van der Waals surface area (Å²) in [6.07, 6.45) is 3.84. The Morgan fingerprint density at radius 1 is 1.19 bits per heavy atom. The largest absolute Gasteiger partial charge is 0.346 e. The van der Waals surface area contributed by atoms with Crippen molar-refractivity contribution in [1.82, 2.24) is 15.3 Å². The van der Waals surface area contributed by atoms with Crippen LogP contribution in [0.3, 0.4) is 0 Å². The van der Waals surface area contributed by atoms with Gasteiger partial charge in [-0.25, -0.2) is 4.98 Å². The zero-order valence-corrected chi connectivity index (χ0v) is 13.7. The zero-order valence-electron chi connectivity index (χ0n) is 12.2. The molecule has 3 rings (SSSR count). The molecule has 3 aromatic rings. The molecule has 0 saturated carbocycles. The van der Waals surface area contributed by atoms with Crippen LogP contribution in [0.25, 0.3) is 11.0 Å². The van der Waals surface area contributed by atoms with Gasteiger partial charge < -0.3 is 10.3 Å². The van der Waals surface area contributed by atoms with Crippen LogP contribution in [0.1, 0.15) is 25.0 Å². The Morgan fingerprint density at radius 3 is 2.71 bits per heavy atom. The third-order valence-corrected chi connectivity index (χ3v) is 4.35. The summed E-state index contributed by atoms with van der Waals surface area (Å²) >= 11 is 3.48. The topological polar surface area (TPSA) is 40.7 Å². The third kappa shape index (κ3) is 3.01. The summed E-state index contributed by atoms with van der Waals surface area (Å²) in [5, 5.41) is 4.80. The van der Waals surface area contributed by atoms with Crippen molar-refractivity contribution >= 4 is 27.0 Å². The van der Waals surface area contributed by atoms with E-state index >= 15 is 0 Å². The second kappa shape index (κ2) is 5.62. The van der Waals surface area contributed by atoms with Gasteiger partial charge in [0.2, 0.25) is 0 Å². The van der Waals surface area contributed by atoms with E-state index < -0.39 is 0 Å². The third-order valence-electron chi connectivity index (χ3n) is 3.82. The molecule has 0 fully saturated rings. The SMILES string of the molecule is CC(C)(NCc1c[nH]c2ncccc12)c1ccc(Br)cc1. The predicted molar refractivity (Wildman–Crippen MR) is 90.1 cm³/mol. The first-order valence-corrected chi connectivity index (χ1v) is 7.77. The predicted octanol–water partition coefficient (Wildman–Crippen LogP) is 4.35. The summed E-state index contributed by atoms with van der Waals surface area (Å²) in [6, 6.07) is 12.5. The van der Waals surface area contributed by atoms with E-state index in [0.29, 0.717) is 0 Å². The number of hydrogen-bond donors (Lipinski definition) is 2. The van der Waals surface area contributed by atoms with Crippen molar-refractivity contribution in [1.29, 1.82) is 0 Å².